The number of aromatic nitrogens is 3. The zero-order chi connectivity index (χ0) is 21.0. The number of nitrogens with zero attached hydrogens (tertiary/aromatic N) is 3. The van der Waals surface area contributed by atoms with Crippen molar-refractivity contribution in [2.24, 2.45) is 7.05 Å². The molecule has 0 spiro atoms. The maximum Gasteiger partial charge on any atom is 0.251 e. The molecule has 1 heterocycles. The monoisotopic (exact) mass is 448 g/mol. The first-order valence-electron chi connectivity index (χ1n) is 8.73. The molecule has 0 aliphatic carbocycles. The Hall–Kier alpha value is -2.35. The molecule has 150 valence electrons. The molecule has 1 atom stereocenters. The van der Waals surface area contributed by atoms with Gasteiger partial charge < -0.3 is 9.88 Å². The fourth-order valence-corrected chi connectivity index (χ4v) is 3.76. The molecular weight excluding hydrogens is 431 g/mol. The lowest BCUT2D eigenvalue weighted by Gasteiger charge is -2.14. The number of hydrogen-bond donors (Lipinski definition) is 1. The first-order chi connectivity index (χ1) is 13.9. The van der Waals surface area contributed by atoms with Crippen LogP contribution < -0.4 is 5.32 Å². The van der Waals surface area contributed by atoms with Crippen LogP contribution in [0.5, 0.6) is 0 Å². The van der Waals surface area contributed by atoms with Gasteiger partial charge >= 0.3 is 0 Å². The van der Waals surface area contributed by atoms with E-state index in [0.29, 0.717) is 32.2 Å². The van der Waals surface area contributed by atoms with Crippen LogP contribution in [0.3, 0.4) is 0 Å². The molecular formula is C20H18Cl2N4O2S. The van der Waals surface area contributed by atoms with Crippen LogP contribution in [-0.4, -0.2) is 32.2 Å². The van der Waals surface area contributed by atoms with E-state index in [-0.39, 0.29) is 17.4 Å². The smallest absolute Gasteiger partial charge is 0.251 e. The Morgan fingerprint density at radius 3 is 2.48 bits per heavy atom. The van der Waals surface area contributed by atoms with Gasteiger partial charge in [0.1, 0.15) is 0 Å². The van der Waals surface area contributed by atoms with E-state index >= 15 is 0 Å². The minimum atomic E-state index is -0.395. The number of rotatable bonds is 7. The lowest BCUT2D eigenvalue weighted by atomic mass is 10.2. The Kier molecular flexibility index (Phi) is 6.95. The SMILES string of the molecule is CC(NC(=O)c1ccc(Cl)c(Cl)c1)c1nnc(SCC(=O)c2ccccc2)n1C. The van der Waals surface area contributed by atoms with E-state index in [1.807, 2.05) is 25.1 Å². The molecule has 0 radical (unpaired) electrons. The number of ketones is 1. The highest BCUT2D eigenvalue weighted by Crippen LogP contribution is 2.24. The minimum Gasteiger partial charge on any atom is -0.342 e. The Bertz CT molecular complexity index is 1040. The van der Waals surface area contributed by atoms with E-state index in [9.17, 15) is 9.59 Å². The molecule has 0 aliphatic rings. The van der Waals surface area contributed by atoms with Crippen LogP contribution in [0.25, 0.3) is 0 Å². The highest BCUT2D eigenvalue weighted by Gasteiger charge is 2.19. The van der Waals surface area contributed by atoms with Gasteiger partial charge in [-0.25, -0.2) is 0 Å². The second-order valence-corrected chi connectivity index (χ2v) is 8.06. The molecule has 29 heavy (non-hydrogen) atoms. The molecule has 3 aromatic rings. The van der Waals surface area contributed by atoms with Gasteiger partial charge in [-0.1, -0.05) is 65.3 Å². The maximum absolute atomic E-state index is 12.5. The van der Waals surface area contributed by atoms with E-state index in [4.69, 9.17) is 23.2 Å². The maximum atomic E-state index is 12.5. The zero-order valence-corrected chi connectivity index (χ0v) is 18.1. The molecule has 0 aliphatic heterocycles. The standard InChI is InChI=1S/C20H18Cl2N4O2S/c1-12(23-19(28)14-8-9-15(21)16(22)10-14)18-24-25-20(26(18)2)29-11-17(27)13-6-4-3-5-7-13/h3-10,12H,11H2,1-2H3,(H,23,28). The Morgan fingerprint density at radius 2 is 1.79 bits per heavy atom. The second-order valence-electron chi connectivity index (χ2n) is 6.30. The predicted octanol–water partition coefficient (Wildman–Crippen LogP) is 4.59. The van der Waals surface area contributed by atoms with Gasteiger partial charge in [-0.05, 0) is 25.1 Å². The van der Waals surface area contributed by atoms with Gasteiger partial charge in [0.15, 0.2) is 16.8 Å². The van der Waals surface area contributed by atoms with Gasteiger partial charge in [0.25, 0.3) is 5.91 Å². The fourth-order valence-electron chi connectivity index (χ4n) is 2.65. The van der Waals surface area contributed by atoms with Crippen molar-refractivity contribution in [3.63, 3.8) is 0 Å². The van der Waals surface area contributed by atoms with Crippen molar-refractivity contribution in [1.29, 1.82) is 0 Å². The molecule has 0 fully saturated rings. The average Bonchev–Trinajstić information content (AvgIpc) is 3.09. The third kappa shape index (κ3) is 5.18. The molecule has 0 saturated carbocycles. The summed E-state index contributed by atoms with van der Waals surface area (Å²) >= 11 is 13.2. The lowest BCUT2D eigenvalue weighted by Crippen LogP contribution is -2.28. The first-order valence-corrected chi connectivity index (χ1v) is 10.5. The molecule has 0 saturated heterocycles. The lowest BCUT2D eigenvalue weighted by molar-refractivity contribution is 0.0937. The van der Waals surface area contributed by atoms with Gasteiger partial charge in [-0.2, -0.15) is 0 Å². The normalized spacial score (nSPS) is 11.9. The average molecular weight is 449 g/mol. The fraction of sp³-hybridized carbons (Fsp3) is 0.200. The zero-order valence-electron chi connectivity index (χ0n) is 15.7. The molecule has 0 bridgehead atoms. The van der Waals surface area contributed by atoms with Crippen LogP contribution in [0.1, 0.15) is 39.5 Å². The van der Waals surface area contributed by atoms with E-state index < -0.39 is 6.04 Å². The van der Waals surface area contributed by atoms with Crippen molar-refractivity contribution >= 4 is 46.7 Å². The van der Waals surface area contributed by atoms with Crippen LogP contribution in [-0.2, 0) is 7.05 Å². The largest absolute Gasteiger partial charge is 0.342 e. The summed E-state index contributed by atoms with van der Waals surface area (Å²) in [5.41, 5.74) is 1.06. The molecule has 1 aromatic heterocycles. The Labute approximate surface area is 182 Å². The minimum absolute atomic E-state index is 0.0149. The highest BCUT2D eigenvalue weighted by molar-refractivity contribution is 7.99. The van der Waals surface area contributed by atoms with E-state index in [1.54, 1.807) is 35.9 Å². The molecule has 2 aromatic carbocycles. The number of carbonyl (C=O) groups excluding carboxylic acids is 2. The predicted molar refractivity (Wildman–Crippen MR) is 115 cm³/mol. The number of carbonyl (C=O) groups is 2. The van der Waals surface area contributed by atoms with Crippen molar-refractivity contribution in [2.75, 3.05) is 5.75 Å². The number of nitrogens with one attached hydrogen (secondary N) is 1. The van der Waals surface area contributed by atoms with E-state index in [2.05, 4.69) is 15.5 Å². The highest BCUT2D eigenvalue weighted by atomic mass is 35.5. The molecule has 6 nitrogen and oxygen atoms in total. The summed E-state index contributed by atoms with van der Waals surface area (Å²) in [6, 6.07) is 13.4. The number of Topliss-reactive ketones (excluding diaryl/α,β-unsaturated/α-hetero) is 1. The summed E-state index contributed by atoms with van der Waals surface area (Å²) < 4.78 is 1.77. The summed E-state index contributed by atoms with van der Waals surface area (Å²) in [7, 11) is 1.80. The first kappa shape index (κ1) is 21.4. The number of halogens is 2. The number of amides is 1. The van der Waals surface area contributed by atoms with Crippen molar-refractivity contribution in [3.8, 4) is 0 Å². The van der Waals surface area contributed by atoms with Crippen LogP contribution >= 0.6 is 35.0 Å². The van der Waals surface area contributed by atoms with Crippen LogP contribution in [0, 0.1) is 0 Å². The van der Waals surface area contributed by atoms with Crippen molar-refractivity contribution in [2.45, 2.75) is 18.1 Å². The van der Waals surface area contributed by atoms with Gasteiger partial charge in [0.2, 0.25) is 0 Å². The summed E-state index contributed by atoms with van der Waals surface area (Å²) in [5, 5.41) is 12.5. The topological polar surface area (TPSA) is 76.9 Å². The van der Waals surface area contributed by atoms with Gasteiger partial charge in [-0.15, -0.1) is 10.2 Å². The van der Waals surface area contributed by atoms with Crippen molar-refractivity contribution < 1.29 is 9.59 Å². The Balaban J connectivity index is 1.64. The number of thioether (sulfide) groups is 1. The van der Waals surface area contributed by atoms with Crippen LogP contribution in [0.15, 0.2) is 53.7 Å². The second kappa shape index (κ2) is 9.43. The van der Waals surface area contributed by atoms with Gasteiger partial charge in [0, 0.05) is 18.2 Å². The third-order valence-corrected chi connectivity index (χ3v) is 5.97. The summed E-state index contributed by atoms with van der Waals surface area (Å²) in [6.45, 7) is 1.81. The molecule has 1 unspecified atom stereocenters. The summed E-state index contributed by atoms with van der Waals surface area (Å²) in [4.78, 5) is 24.7. The van der Waals surface area contributed by atoms with Gasteiger partial charge in [-0.3, -0.25) is 9.59 Å². The number of benzene rings is 2. The third-order valence-electron chi connectivity index (χ3n) is 4.21. The Morgan fingerprint density at radius 1 is 1.07 bits per heavy atom. The molecule has 9 heteroatoms. The number of hydrogen-bond acceptors (Lipinski definition) is 5. The van der Waals surface area contributed by atoms with Crippen LogP contribution in [0.2, 0.25) is 10.0 Å². The summed E-state index contributed by atoms with van der Waals surface area (Å²) in [5.74, 6) is 0.543. The van der Waals surface area contributed by atoms with Crippen molar-refractivity contribution in [1.82, 2.24) is 20.1 Å². The van der Waals surface area contributed by atoms with E-state index in [1.165, 1.54) is 17.8 Å². The molecule has 1 N–H and O–H groups in total. The quantitative estimate of drug-likeness (QED) is 0.422. The van der Waals surface area contributed by atoms with E-state index in [0.717, 1.165) is 0 Å². The van der Waals surface area contributed by atoms with Crippen LogP contribution in [0.4, 0.5) is 0 Å². The van der Waals surface area contributed by atoms with Gasteiger partial charge in [0.05, 0.1) is 21.8 Å². The molecule has 3 rings (SSSR count). The summed E-state index contributed by atoms with van der Waals surface area (Å²) in [6.07, 6.45) is 0. The van der Waals surface area contributed by atoms with Crippen molar-refractivity contribution in [3.05, 3.63) is 75.5 Å². The molecule has 1 amide bonds.